The van der Waals surface area contributed by atoms with Gasteiger partial charge >= 0.3 is 0 Å². The Balaban J connectivity index is 2.09. The number of hydrogen-bond acceptors (Lipinski definition) is 0. The minimum Gasteiger partial charge on any atom is -0.0823 e. The highest BCUT2D eigenvalue weighted by atomic mass is 127. The van der Waals surface area contributed by atoms with E-state index in [4.69, 9.17) is 0 Å². The van der Waals surface area contributed by atoms with Gasteiger partial charge in [-0.15, -0.1) is 0 Å². The Morgan fingerprint density at radius 1 is 0.800 bits per heavy atom. The number of rotatable bonds is 0. The highest BCUT2D eigenvalue weighted by Crippen LogP contribution is 2.47. The molecule has 0 spiro atoms. The van der Waals surface area contributed by atoms with Gasteiger partial charge < -0.3 is 0 Å². The molecule has 0 amide bonds. The number of halogens is 2. The van der Waals surface area contributed by atoms with Crippen LogP contribution in [0.4, 0.5) is 0 Å². The largest absolute Gasteiger partial charge is 0.0823 e. The Morgan fingerprint density at radius 2 is 1.30 bits per heavy atom. The maximum absolute atomic E-state index is 2.66. The third-order valence-electron chi connectivity index (χ3n) is 2.99. The average molecular weight is 362 g/mol. The minimum absolute atomic E-state index is 0.998. The maximum Gasteiger partial charge on any atom is 0.0148 e. The van der Waals surface area contributed by atoms with Crippen LogP contribution < -0.4 is 0 Å². The third-order valence-corrected chi connectivity index (χ3v) is 6.04. The lowest BCUT2D eigenvalue weighted by atomic mass is 9.89. The molecule has 2 fully saturated rings. The predicted octanol–water partition coefficient (Wildman–Crippen LogP) is 3.41. The Hall–Kier alpha value is 1.46. The molecule has 0 aromatic rings. The lowest BCUT2D eigenvalue weighted by Crippen LogP contribution is -2.25. The first-order valence-corrected chi connectivity index (χ1v) is 6.54. The molecule has 2 rings (SSSR count). The van der Waals surface area contributed by atoms with E-state index in [1.54, 1.807) is 6.42 Å². The highest BCUT2D eigenvalue weighted by Gasteiger charge is 2.39. The lowest BCUT2D eigenvalue weighted by Gasteiger charge is -2.28. The van der Waals surface area contributed by atoms with Crippen molar-refractivity contribution < 1.29 is 0 Å². The van der Waals surface area contributed by atoms with Gasteiger partial charge in [0.2, 0.25) is 0 Å². The molecule has 2 bridgehead atoms. The second kappa shape index (κ2) is 3.07. The van der Waals surface area contributed by atoms with Gasteiger partial charge in [-0.25, -0.2) is 0 Å². The van der Waals surface area contributed by atoms with E-state index in [0.717, 1.165) is 19.7 Å². The number of alkyl halides is 2. The minimum atomic E-state index is 0.998. The summed E-state index contributed by atoms with van der Waals surface area (Å²) >= 11 is 5.31. The second-order valence-corrected chi connectivity index (χ2v) is 6.80. The molecule has 2 saturated carbocycles. The molecular formula is C8H12I2. The van der Waals surface area contributed by atoms with Gasteiger partial charge in [-0.3, -0.25) is 0 Å². The summed E-state index contributed by atoms with van der Waals surface area (Å²) in [5.41, 5.74) is 0. The molecule has 0 radical (unpaired) electrons. The molecule has 0 saturated heterocycles. The zero-order chi connectivity index (χ0) is 7.14. The summed E-state index contributed by atoms with van der Waals surface area (Å²) in [4.78, 5) is 0. The summed E-state index contributed by atoms with van der Waals surface area (Å²) in [6.07, 6.45) is 6.08. The fraction of sp³-hybridized carbons (Fsp3) is 1.00. The molecule has 0 aromatic carbocycles. The van der Waals surface area contributed by atoms with Crippen molar-refractivity contribution in [2.24, 2.45) is 11.8 Å². The van der Waals surface area contributed by atoms with Crippen molar-refractivity contribution in [3.05, 3.63) is 0 Å². The van der Waals surface area contributed by atoms with Gasteiger partial charge in [0.15, 0.2) is 0 Å². The van der Waals surface area contributed by atoms with Crippen LogP contribution in [0.1, 0.15) is 25.7 Å². The van der Waals surface area contributed by atoms with E-state index in [1.165, 1.54) is 19.3 Å². The summed E-state index contributed by atoms with van der Waals surface area (Å²) in [5, 5.41) is 0. The van der Waals surface area contributed by atoms with Crippen molar-refractivity contribution in [2.75, 3.05) is 0 Å². The van der Waals surface area contributed by atoms with Crippen LogP contribution in [-0.2, 0) is 0 Å². The molecule has 58 valence electrons. The summed E-state index contributed by atoms with van der Waals surface area (Å²) in [7, 11) is 0. The van der Waals surface area contributed by atoms with Crippen LogP contribution in [0.25, 0.3) is 0 Å². The van der Waals surface area contributed by atoms with Gasteiger partial charge in [0.1, 0.15) is 0 Å². The molecule has 0 N–H and O–H groups in total. The van der Waals surface area contributed by atoms with E-state index in [9.17, 15) is 0 Å². The number of fused-ring (bicyclic) bond motifs is 2. The van der Waals surface area contributed by atoms with Crippen LogP contribution in [0, 0.1) is 11.8 Å². The van der Waals surface area contributed by atoms with Crippen molar-refractivity contribution >= 4 is 45.2 Å². The topological polar surface area (TPSA) is 0 Å². The predicted molar refractivity (Wildman–Crippen MR) is 61.1 cm³/mol. The molecule has 0 aromatic heterocycles. The summed E-state index contributed by atoms with van der Waals surface area (Å²) in [6, 6.07) is 0. The van der Waals surface area contributed by atoms with Crippen LogP contribution >= 0.6 is 45.2 Å². The van der Waals surface area contributed by atoms with E-state index < -0.39 is 0 Å². The van der Waals surface area contributed by atoms with Gasteiger partial charge in [-0.1, -0.05) is 45.2 Å². The zero-order valence-corrected chi connectivity index (χ0v) is 10.2. The third kappa shape index (κ3) is 1.34. The monoisotopic (exact) mass is 362 g/mol. The summed E-state index contributed by atoms with van der Waals surface area (Å²) < 4.78 is 2.00. The molecule has 4 unspecified atom stereocenters. The first-order chi connectivity index (χ1) is 4.77. The summed E-state index contributed by atoms with van der Waals surface area (Å²) in [6.45, 7) is 0. The molecule has 4 atom stereocenters. The quantitative estimate of drug-likeness (QED) is 0.458. The summed E-state index contributed by atoms with van der Waals surface area (Å²) in [5.74, 6) is 2.19. The van der Waals surface area contributed by atoms with E-state index in [1.807, 2.05) is 0 Å². The second-order valence-electron chi connectivity index (χ2n) is 3.60. The van der Waals surface area contributed by atoms with E-state index in [0.29, 0.717) is 0 Å². The molecule has 0 nitrogen and oxygen atoms in total. The van der Waals surface area contributed by atoms with Crippen LogP contribution in [-0.4, -0.2) is 7.85 Å². The van der Waals surface area contributed by atoms with Crippen molar-refractivity contribution in [3.63, 3.8) is 0 Å². The molecule has 0 aliphatic heterocycles. The fourth-order valence-corrected chi connectivity index (χ4v) is 5.68. The van der Waals surface area contributed by atoms with E-state index in [-0.39, 0.29) is 0 Å². The molecular weight excluding hydrogens is 350 g/mol. The molecule has 10 heavy (non-hydrogen) atoms. The Bertz CT molecular complexity index is 121. The first-order valence-electron chi connectivity index (χ1n) is 4.05. The van der Waals surface area contributed by atoms with Gasteiger partial charge in [0, 0.05) is 7.85 Å². The normalized spacial score (nSPS) is 53.4. The van der Waals surface area contributed by atoms with Crippen molar-refractivity contribution in [1.82, 2.24) is 0 Å². The number of hydrogen-bond donors (Lipinski definition) is 0. The van der Waals surface area contributed by atoms with Gasteiger partial charge in [0.25, 0.3) is 0 Å². The smallest absolute Gasteiger partial charge is 0.0148 e. The fourth-order valence-electron chi connectivity index (χ4n) is 2.31. The molecule has 2 aliphatic carbocycles. The Labute approximate surface area is 89.8 Å². The van der Waals surface area contributed by atoms with E-state index >= 15 is 0 Å². The van der Waals surface area contributed by atoms with Crippen LogP contribution in [0.5, 0.6) is 0 Å². The lowest BCUT2D eigenvalue weighted by molar-refractivity contribution is 0.399. The van der Waals surface area contributed by atoms with Gasteiger partial charge in [-0.05, 0) is 37.5 Å². The van der Waals surface area contributed by atoms with Gasteiger partial charge in [0.05, 0.1) is 0 Å². The van der Waals surface area contributed by atoms with Crippen molar-refractivity contribution in [1.29, 1.82) is 0 Å². The molecule has 2 aliphatic rings. The van der Waals surface area contributed by atoms with Crippen LogP contribution in [0.3, 0.4) is 0 Å². The van der Waals surface area contributed by atoms with Crippen LogP contribution in [0.2, 0.25) is 0 Å². The Kier molecular flexibility index (Phi) is 2.48. The highest BCUT2D eigenvalue weighted by molar-refractivity contribution is 14.1. The standard InChI is InChI=1S/C8H12I2/c9-7-4-8(10)6-2-1-5(7)3-6/h5-8H,1-4H2. The van der Waals surface area contributed by atoms with Crippen molar-refractivity contribution in [2.45, 2.75) is 33.5 Å². The SMILES string of the molecule is IC1CC(I)C2CCC1C2. The van der Waals surface area contributed by atoms with Crippen molar-refractivity contribution in [3.8, 4) is 0 Å². The maximum atomic E-state index is 2.66. The van der Waals surface area contributed by atoms with E-state index in [2.05, 4.69) is 45.2 Å². The molecule has 2 heteroatoms. The molecule has 0 heterocycles. The Morgan fingerprint density at radius 3 is 1.80 bits per heavy atom. The van der Waals surface area contributed by atoms with Crippen LogP contribution in [0.15, 0.2) is 0 Å². The zero-order valence-electron chi connectivity index (χ0n) is 5.89. The first kappa shape index (κ1) is 8.08. The van der Waals surface area contributed by atoms with Gasteiger partial charge in [-0.2, -0.15) is 0 Å². The average Bonchev–Trinajstić information content (AvgIpc) is 2.28.